The van der Waals surface area contributed by atoms with E-state index in [1.165, 1.54) is 11.3 Å². The summed E-state index contributed by atoms with van der Waals surface area (Å²) in [5, 5.41) is 4.51. The number of rotatable bonds is 4. The summed E-state index contributed by atoms with van der Waals surface area (Å²) >= 11 is 7.34. The summed E-state index contributed by atoms with van der Waals surface area (Å²) in [5.74, 6) is 0.0752. The lowest BCUT2D eigenvalue weighted by Crippen LogP contribution is -2.41. The van der Waals surface area contributed by atoms with Gasteiger partial charge < -0.3 is 15.0 Å². The maximum Gasteiger partial charge on any atom is 0.410 e. The summed E-state index contributed by atoms with van der Waals surface area (Å²) in [6.07, 6.45) is 2.66. The van der Waals surface area contributed by atoms with E-state index >= 15 is 0 Å². The Morgan fingerprint density at radius 3 is 2.65 bits per heavy atom. The molecule has 0 saturated carbocycles. The number of nitrogens with one attached hydrogen (secondary N) is 1. The summed E-state index contributed by atoms with van der Waals surface area (Å²) in [6, 6.07) is 7.43. The van der Waals surface area contributed by atoms with Gasteiger partial charge in [0.2, 0.25) is 0 Å². The Balaban J connectivity index is 1.60. The Morgan fingerprint density at radius 2 is 1.97 bits per heavy atom. The van der Waals surface area contributed by atoms with E-state index in [1.807, 2.05) is 52.0 Å². The third-order valence-electron chi connectivity index (χ3n) is 5.07. The SMILES string of the molecule is Cc1nc(-c2ccc(Cl)cc2)sc1C(=O)NCC1CCCCN(C(=O)OC(C)(C)C)C1. The summed E-state index contributed by atoms with van der Waals surface area (Å²) in [7, 11) is 0. The first kappa shape index (κ1) is 23.5. The highest BCUT2D eigenvalue weighted by Gasteiger charge is 2.27. The highest BCUT2D eigenvalue weighted by atomic mass is 35.5. The van der Waals surface area contributed by atoms with Crippen LogP contribution in [0.25, 0.3) is 10.6 Å². The number of likely N-dealkylation sites (tertiary alicyclic amines) is 1. The fraction of sp³-hybridized carbons (Fsp3) is 0.522. The van der Waals surface area contributed by atoms with E-state index in [0.29, 0.717) is 35.2 Å². The van der Waals surface area contributed by atoms with E-state index in [1.54, 1.807) is 4.90 Å². The molecule has 1 N–H and O–H groups in total. The molecule has 8 heteroatoms. The van der Waals surface area contributed by atoms with Crippen LogP contribution in [0.1, 0.15) is 55.4 Å². The van der Waals surface area contributed by atoms with Crippen molar-refractivity contribution in [3.05, 3.63) is 39.9 Å². The van der Waals surface area contributed by atoms with Gasteiger partial charge >= 0.3 is 6.09 Å². The number of carbonyl (C=O) groups excluding carboxylic acids is 2. The van der Waals surface area contributed by atoms with Crippen LogP contribution in [0.2, 0.25) is 5.02 Å². The molecule has 0 spiro atoms. The second-order valence-corrected chi connectivity index (χ2v) is 10.4. The average molecular weight is 464 g/mol. The zero-order valence-electron chi connectivity index (χ0n) is 18.5. The van der Waals surface area contributed by atoms with Crippen LogP contribution in [0.15, 0.2) is 24.3 Å². The quantitative estimate of drug-likeness (QED) is 0.646. The monoisotopic (exact) mass is 463 g/mol. The first-order valence-electron chi connectivity index (χ1n) is 10.6. The van der Waals surface area contributed by atoms with Crippen LogP contribution >= 0.6 is 22.9 Å². The molecule has 3 rings (SSSR count). The van der Waals surface area contributed by atoms with Crippen molar-refractivity contribution in [2.24, 2.45) is 5.92 Å². The Bertz CT molecular complexity index is 921. The molecule has 1 aliphatic heterocycles. The Morgan fingerprint density at radius 1 is 1.26 bits per heavy atom. The van der Waals surface area contributed by atoms with Crippen LogP contribution in [0, 0.1) is 12.8 Å². The van der Waals surface area contributed by atoms with Crippen molar-refractivity contribution in [3.63, 3.8) is 0 Å². The predicted molar refractivity (Wildman–Crippen MR) is 125 cm³/mol. The molecule has 1 aromatic carbocycles. The van der Waals surface area contributed by atoms with Gasteiger partial charge in [-0.1, -0.05) is 30.2 Å². The Hall–Kier alpha value is -2.12. The molecule has 6 nitrogen and oxygen atoms in total. The first-order valence-corrected chi connectivity index (χ1v) is 11.8. The fourth-order valence-corrected chi connectivity index (χ4v) is 4.64. The van der Waals surface area contributed by atoms with Crippen molar-refractivity contribution in [2.75, 3.05) is 19.6 Å². The number of hydrogen-bond donors (Lipinski definition) is 1. The largest absolute Gasteiger partial charge is 0.444 e. The molecule has 1 aliphatic rings. The number of thiazole rings is 1. The molecule has 1 unspecified atom stereocenters. The van der Waals surface area contributed by atoms with Gasteiger partial charge in [0.05, 0.1) is 5.69 Å². The number of halogens is 1. The third kappa shape index (κ3) is 6.68. The number of benzene rings is 1. The fourth-order valence-electron chi connectivity index (χ4n) is 3.53. The minimum atomic E-state index is -0.515. The summed E-state index contributed by atoms with van der Waals surface area (Å²) in [4.78, 5) is 32.2. The van der Waals surface area contributed by atoms with Gasteiger partial charge in [-0.15, -0.1) is 11.3 Å². The number of amides is 2. The van der Waals surface area contributed by atoms with Gasteiger partial charge in [0, 0.05) is 30.2 Å². The minimum Gasteiger partial charge on any atom is -0.444 e. The van der Waals surface area contributed by atoms with Crippen LogP contribution in [-0.4, -0.2) is 47.1 Å². The van der Waals surface area contributed by atoms with E-state index in [-0.39, 0.29) is 17.9 Å². The van der Waals surface area contributed by atoms with Crippen LogP contribution in [-0.2, 0) is 4.74 Å². The molecule has 2 aromatic rings. The van der Waals surface area contributed by atoms with Crippen LogP contribution in [0.4, 0.5) is 4.79 Å². The standard InChI is InChI=1S/C23H30ClN3O3S/c1-15-19(31-21(26-15)17-8-10-18(24)11-9-17)20(28)25-13-16-7-5-6-12-27(14-16)22(29)30-23(2,3)4/h8-11,16H,5-7,12-14H2,1-4H3,(H,25,28). The lowest BCUT2D eigenvalue weighted by molar-refractivity contribution is 0.0235. The highest BCUT2D eigenvalue weighted by molar-refractivity contribution is 7.17. The van der Waals surface area contributed by atoms with Crippen molar-refractivity contribution in [3.8, 4) is 10.6 Å². The van der Waals surface area contributed by atoms with Gasteiger partial charge in [0.15, 0.2) is 0 Å². The maximum atomic E-state index is 12.8. The molecule has 2 amide bonds. The molecule has 0 aliphatic carbocycles. The summed E-state index contributed by atoms with van der Waals surface area (Å²) < 4.78 is 5.53. The molecular weight excluding hydrogens is 434 g/mol. The first-order chi connectivity index (χ1) is 14.6. The van der Waals surface area contributed by atoms with E-state index < -0.39 is 5.60 Å². The second-order valence-electron chi connectivity index (χ2n) is 8.94. The lowest BCUT2D eigenvalue weighted by Gasteiger charge is -2.28. The van der Waals surface area contributed by atoms with Gasteiger partial charge in [-0.05, 0) is 58.6 Å². The molecule has 31 heavy (non-hydrogen) atoms. The van der Waals surface area contributed by atoms with Gasteiger partial charge in [-0.2, -0.15) is 0 Å². The predicted octanol–water partition coefficient (Wildman–Crippen LogP) is 5.54. The molecule has 1 atom stereocenters. The van der Waals surface area contributed by atoms with Crippen molar-refractivity contribution in [1.29, 1.82) is 0 Å². The molecular formula is C23H30ClN3O3S. The van der Waals surface area contributed by atoms with Gasteiger partial charge in [0.25, 0.3) is 5.91 Å². The van der Waals surface area contributed by atoms with Crippen LogP contribution < -0.4 is 5.32 Å². The number of hydrogen-bond acceptors (Lipinski definition) is 5. The van der Waals surface area contributed by atoms with Crippen molar-refractivity contribution in [2.45, 2.75) is 52.6 Å². The Labute approximate surface area is 193 Å². The van der Waals surface area contributed by atoms with Gasteiger partial charge in [-0.3, -0.25) is 4.79 Å². The minimum absolute atomic E-state index is 0.122. The molecule has 0 radical (unpaired) electrons. The number of nitrogens with zero attached hydrogens (tertiary/aromatic N) is 2. The Kier molecular flexibility index (Phi) is 7.59. The molecule has 1 fully saturated rings. The normalized spacial score (nSPS) is 17.2. The third-order valence-corrected chi connectivity index (χ3v) is 6.52. The van der Waals surface area contributed by atoms with Crippen molar-refractivity contribution < 1.29 is 14.3 Å². The molecule has 0 bridgehead atoms. The number of aromatic nitrogens is 1. The maximum absolute atomic E-state index is 12.8. The van der Waals surface area contributed by atoms with E-state index in [0.717, 1.165) is 29.8 Å². The van der Waals surface area contributed by atoms with E-state index in [2.05, 4.69) is 10.3 Å². The second kappa shape index (κ2) is 10.0. The average Bonchev–Trinajstić information content (AvgIpc) is 2.93. The molecule has 168 valence electrons. The zero-order chi connectivity index (χ0) is 22.6. The lowest BCUT2D eigenvalue weighted by atomic mass is 10.0. The molecule has 1 aromatic heterocycles. The topological polar surface area (TPSA) is 71.5 Å². The van der Waals surface area contributed by atoms with Gasteiger partial charge in [0.1, 0.15) is 15.5 Å². The summed E-state index contributed by atoms with van der Waals surface area (Å²) in [5.41, 5.74) is 1.13. The van der Waals surface area contributed by atoms with Crippen LogP contribution in [0.5, 0.6) is 0 Å². The summed E-state index contributed by atoms with van der Waals surface area (Å²) in [6.45, 7) is 9.26. The smallest absolute Gasteiger partial charge is 0.410 e. The zero-order valence-corrected chi connectivity index (χ0v) is 20.1. The van der Waals surface area contributed by atoms with Crippen molar-refractivity contribution in [1.82, 2.24) is 15.2 Å². The highest BCUT2D eigenvalue weighted by Crippen LogP contribution is 2.29. The number of carbonyl (C=O) groups is 2. The van der Waals surface area contributed by atoms with Gasteiger partial charge in [-0.25, -0.2) is 9.78 Å². The van der Waals surface area contributed by atoms with Crippen LogP contribution in [0.3, 0.4) is 0 Å². The number of ether oxygens (including phenoxy) is 1. The molecule has 1 saturated heterocycles. The van der Waals surface area contributed by atoms with Crippen molar-refractivity contribution >= 4 is 34.9 Å². The van der Waals surface area contributed by atoms with E-state index in [4.69, 9.17) is 16.3 Å². The number of aryl methyl sites for hydroxylation is 1. The molecule has 2 heterocycles. The van der Waals surface area contributed by atoms with E-state index in [9.17, 15) is 9.59 Å².